The molecule has 2 N–H and O–H groups in total. The third kappa shape index (κ3) is 7.68. The molecule has 0 aromatic heterocycles. The maximum atomic E-state index is 12.1. The van der Waals surface area contributed by atoms with E-state index in [1.165, 1.54) is 11.1 Å². The maximum absolute atomic E-state index is 12.1. The normalized spacial score (nSPS) is 16.2. The summed E-state index contributed by atoms with van der Waals surface area (Å²) in [6.07, 6.45) is 3.09. The van der Waals surface area contributed by atoms with Crippen LogP contribution in [0, 0.1) is 5.92 Å². The number of amides is 1. The van der Waals surface area contributed by atoms with Gasteiger partial charge in [0, 0.05) is 26.7 Å². The Morgan fingerprint density at radius 1 is 1.03 bits per heavy atom. The summed E-state index contributed by atoms with van der Waals surface area (Å²) in [6.45, 7) is 2.85. The number of aliphatic imine (C=N–C) groups is 1. The van der Waals surface area contributed by atoms with Crippen molar-refractivity contribution in [2.24, 2.45) is 10.9 Å². The molecule has 1 unspecified atom stereocenters. The van der Waals surface area contributed by atoms with Gasteiger partial charge < -0.3 is 15.5 Å². The Morgan fingerprint density at radius 3 is 2.34 bits per heavy atom. The molecule has 0 spiro atoms. The van der Waals surface area contributed by atoms with Crippen LogP contribution >= 0.6 is 24.0 Å². The Bertz CT molecular complexity index is 767. The van der Waals surface area contributed by atoms with Gasteiger partial charge in [-0.15, -0.1) is 24.0 Å². The maximum Gasteiger partial charge on any atom is 0.239 e. The largest absolute Gasteiger partial charge is 0.354 e. The highest BCUT2D eigenvalue weighted by molar-refractivity contribution is 14.0. The minimum Gasteiger partial charge on any atom is -0.354 e. The van der Waals surface area contributed by atoms with Crippen LogP contribution < -0.4 is 10.6 Å². The zero-order valence-electron chi connectivity index (χ0n) is 17.0. The van der Waals surface area contributed by atoms with Gasteiger partial charge in [0.05, 0.1) is 6.54 Å². The van der Waals surface area contributed by atoms with E-state index in [0.29, 0.717) is 12.5 Å². The smallest absolute Gasteiger partial charge is 0.239 e. The summed E-state index contributed by atoms with van der Waals surface area (Å²) < 4.78 is 0. The Morgan fingerprint density at radius 2 is 1.69 bits per heavy atom. The van der Waals surface area contributed by atoms with E-state index < -0.39 is 0 Å². The zero-order chi connectivity index (χ0) is 19.6. The number of hydrogen-bond acceptors (Lipinski definition) is 2. The molecule has 29 heavy (non-hydrogen) atoms. The third-order valence-corrected chi connectivity index (χ3v) is 5.15. The van der Waals surface area contributed by atoms with E-state index in [4.69, 9.17) is 0 Å². The molecular weight excluding hydrogens is 475 g/mol. The van der Waals surface area contributed by atoms with Crippen LogP contribution in [0.5, 0.6) is 0 Å². The van der Waals surface area contributed by atoms with Gasteiger partial charge in [0.2, 0.25) is 5.91 Å². The number of likely N-dealkylation sites (tertiary alicyclic amines) is 1. The van der Waals surface area contributed by atoms with E-state index in [2.05, 4.69) is 63.0 Å². The number of benzene rings is 2. The van der Waals surface area contributed by atoms with Crippen molar-refractivity contribution in [3.8, 4) is 0 Å². The monoisotopic (exact) mass is 506 g/mol. The van der Waals surface area contributed by atoms with Gasteiger partial charge in [0.25, 0.3) is 0 Å². The second kappa shape index (κ2) is 12.5. The molecular formula is C23H31IN4O. The number of guanidine groups is 1. The van der Waals surface area contributed by atoms with Crippen LogP contribution in [0.3, 0.4) is 0 Å². The van der Waals surface area contributed by atoms with Gasteiger partial charge in [0.1, 0.15) is 0 Å². The molecule has 1 atom stereocenters. The number of carbonyl (C=O) groups is 1. The first-order valence-corrected chi connectivity index (χ1v) is 10.0. The van der Waals surface area contributed by atoms with Crippen molar-refractivity contribution < 1.29 is 4.79 Å². The number of rotatable bonds is 7. The third-order valence-electron chi connectivity index (χ3n) is 5.15. The molecule has 1 amide bonds. The zero-order valence-corrected chi connectivity index (χ0v) is 19.3. The summed E-state index contributed by atoms with van der Waals surface area (Å²) in [4.78, 5) is 18.7. The Balaban J connectivity index is 0.00000300. The first-order chi connectivity index (χ1) is 13.7. The molecule has 1 fully saturated rings. The summed E-state index contributed by atoms with van der Waals surface area (Å²) in [6, 6.07) is 20.8. The second-order valence-corrected chi connectivity index (χ2v) is 7.28. The van der Waals surface area contributed by atoms with E-state index in [-0.39, 0.29) is 36.4 Å². The number of hydrogen-bond donors (Lipinski definition) is 2. The summed E-state index contributed by atoms with van der Waals surface area (Å²) in [5, 5.41) is 6.18. The number of carbonyl (C=O) groups excluding carboxylic acids is 1. The topological polar surface area (TPSA) is 56.7 Å². The average molecular weight is 506 g/mol. The van der Waals surface area contributed by atoms with Gasteiger partial charge in [-0.05, 0) is 36.3 Å². The van der Waals surface area contributed by atoms with Gasteiger partial charge in [-0.25, -0.2) is 0 Å². The van der Waals surface area contributed by atoms with Crippen molar-refractivity contribution in [1.29, 1.82) is 0 Å². The predicted molar refractivity (Wildman–Crippen MR) is 130 cm³/mol. The molecule has 0 aliphatic carbocycles. The molecule has 156 valence electrons. The van der Waals surface area contributed by atoms with E-state index >= 15 is 0 Å². The van der Waals surface area contributed by atoms with Crippen LogP contribution in [-0.2, 0) is 17.6 Å². The minimum absolute atomic E-state index is 0. The van der Waals surface area contributed by atoms with E-state index in [1.807, 2.05) is 18.2 Å². The highest BCUT2D eigenvalue weighted by Crippen LogP contribution is 2.20. The fourth-order valence-electron chi connectivity index (χ4n) is 3.68. The lowest BCUT2D eigenvalue weighted by Gasteiger charge is -2.21. The fraction of sp³-hybridized carbons (Fsp3) is 0.391. The first kappa shape index (κ1) is 23.2. The molecule has 0 radical (unpaired) electrons. The van der Waals surface area contributed by atoms with Gasteiger partial charge in [-0.3, -0.25) is 9.79 Å². The fourth-order valence-corrected chi connectivity index (χ4v) is 3.68. The Hall–Kier alpha value is -2.09. The molecule has 6 heteroatoms. The van der Waals surface area contributed by atoms with Crippen LogP contribution in [0.4, 0.5) is 0 Å². The van der Waals surface area contributed by atoms with Crippen molar-refractivity contribution in [3.63, 3.8) is 0 Å². The Labute approximate surface area is 191 Å². The van der Waals surface area contributed by atoms with E-state index in [1.54, 1.807) is 7.05 Å². The molecule has 1 aliphatic heterocycles. The van der Waals surface area contributed by atoms with Crippen LogP contribution in [-0.4, -0.2) is 50.0 Å². The number of halogens is 1. The van der Waals surface area contributed by atoms with E-state index in [0.717, 1.165) is 38.3 Å². The standard InChI is InChI=1S/C23H30N4O.HI/c1-24-23(26-17-22(28)25-14-12-19-8-4-2-5-9-19)27-15-13-21(18-27)16-20-10-6-3-7-11-20;/h2-11,21H,12-18H2,1H3,(H,24,26)(H,25,28);1H. The van der Waals surface area contributed by atoms with Crippen molar-refractivity contribution in [2.75, 3.05) is 33.2 Å². The lowest BCUT2D eigenvalue weighted by atomic mass is 9.99. The summed E-state index contributed by atoms with van der Waals surface area (Å²) in [5.41, 5.74) is 2.61. The molecule has 2 aromatic carbocycles. The van der Waals surface area contributed by atoms with Crippen LogP contribution in [0.1, 0.15) is 17.5 Å². The van der Waals surface area contributed by atoms with Gasteiger partial charge >= 0.3 is 0 Å². The van der Waals surface area contributed by atoms with Gasteiger partial charge in [-0.1, -0.05) is 60.7 Å². The molecule has 3 rings (SSSR count). The van der Waals surface area contributed by atoms with Crippen molar-refractivity contribution >= 4 is 35.8 Å². The molecule has 1 saturated heterocycles. The van der Waals surface area contributed by atoms with Crippen molar-refractivity contribution in [3.05, 3.63) is 71.8 Å². The highest BCUT2D eigenvalue weighted by atomic mass is 127. The number of nitrogens with one attached hydrogen (secondary N) is 2. The highest BCUT2D eigenvalue weighted by Gasteiger charge is 2.25. The molecule has 2 aromatic rings. The van der Waals surface area contributed by atoms with Crippen molar-refractivity contribution in [2.45, 2.75) is 19.3 Å². The molecule has 5 nitrogen and oxygen atoms in total. The first-order valence-electron chi connectivity index (χ1n) is 10.0. The lowest BCUT2D eigenvalue weighted by Crippen LogP contribution is -2.45. The minimum atomic E-state index is -0.00267. The summed E-state index contributed by atoms with van der Waals surface area (Å²) in [5.74, 6) is 1.44. The van der Waals surface area contributed by atoms with Crippen molar-refractivity contribution in [1.82, 2.24) is 15.5 Å². The summed E-state index contributed by atoms with van der Waals surface area (Å²) in [7, 11) is 1.78. The Kier molecular flexibility index (Phi) is 9.97. The van der Waals surface area contributed by atoms with Crippen LogP contribution in [0.2, 0.25) is 0 Å². The summed E-state index contributed by atoms with van der Waals surface area (Å²) >= 11 is 0. The SMILES string of the molecule is CN=C(NCC(=O)NCCc1ccccc1)N1CCC(Cc2ccccc2)C1.I. The number of nitrogens with zero attached hydrogens (tertiary/aromatic N) is 2. The van der Waals surface area contributed by atoms with Crippen LogP contribution in [0.25, 0.3) is 0 Å². The van der Waals surface area contributed by atoms with E-state index in [9.17, 15) is 4.79 Å². The second-order valence-electron chi connectivity index (χ2n) is 7.28. The van der Waals surface area contributed by atoms with Gasteiger partial charge in [-0.2, -0.15) is 0 Å². The van der Waals surface area contributed by atoms with Crippen LogP contribution in [0.15, 0.2) is 65.7 Å². The molecule has 1 aliphatic rings. The molecule has 1 heterocycles. The quantitative estimate of drug-likeness (QED) is 0.345. The predicted octanol–water partition coefficient (Wildman–Crippen LogP) is 3.10. The lowest BCUT2D eigenvalue weighted by molar-refractivity contribution is -0.120. The van der Waals surface area contributed by atoms with Gasteiger partial charge in [0.15, 0.2) is 5.96 Å². The average Bonchev–Trinajstić information content (AvgIpc) is 3.18. The molecule has 0 bridgehead atoms. The molecule has 0 saturated carbocycles.